The summed E-state index contributed by atoms with van der Waals surface area (Å²) in [5.41, 5.74) is 2.80. The molecule has 1 heterocycles. The van der Waals surface area contributed by atoms with Crippen LogP contribution in [0.25, 0.3) is 0 Å². The third-order valence-corrected chi connectivity index (χ3v) is 5.77. The summed E-state index contributed by atoms with van der Waals surface area (Å²) in [6.45, 7) is 1.36. The van der Waals surface area contributed by atoms with Crippen molar-refractivity contribution >= 4 is 11.8 Å². The van der Waals surface area contributed by atoms with Gasteiger partial charge in [-0.25, -0.2) is 4.39 Å². The molecule has 2 aromatic rings. The zero-order valence-corrected chi connectivity index (χ0v) is 17.6. The van der Waals surface area contributed by atoms with Crippen LogP contribution < -0.4 is 10.1 Å². The minimum absolute atomic E-state index is 0.0535. The van der Waals surface area contributed by atoms with E-state index in [1.165, 1.54) is 24.8 Å². The smallest absolute Gasteiger partial charge is 0.253 e. The molecule has 1 saturated heterocycles. The summed E-state index contributed by atoms with van der Waals surface area (Å²) in [6, 6.07) is 12.8. The Labute approximate surface area is 177 Å². The second kappa shape index (κ2) is 10.2. The highest BCUT2D eigenvalue weighted by Crippen LogP contribution is 2.24. The SMILES string of the molecule is CNC(=O)CCc1ccc(CC2CCN(C(=O)c3ccc(OC)c(F)c3)CC2)cc1. The van der Waals surface area contributed by atoms with Crippen molar-refractivity contribution in [2.24, 2.45) is 5.92 Å². The van der Waals surface area contributed by atoms with Crippen LogP contribution >= 0.6 is 0 Å². The van der Waals surface area contributed by atoms with Crippen LogP contribution in [0, 0.1) is 11.7 Å². The van der Waals surface area contributed by atoms with E-state index >= 15 is 0 Å². The number of halogens is 1. The van der Waals surface area contributed by atoms with Gasteiger partial charge < -0.3 is 15.0 Å². The van der Waals surface area contributed by atoms with Crippen LogP contribution in [0.3, 0.4) is 0 Å². The Morgan fingerprint density at radius 2 is 1.77 bits per heavy atom. The van der Waals surface area contributed by atoms with E-state index < -0.39 is 5.82 Å². The first-order valence-electron chi connectivity index (χ1n) is 10.4. The zero-order chi connectivity index (χ0) is 21.5. The number of carbonyl (C=O) groups is 2. The van der Waals surface area contributed by atoms with E-state index in [-0.39, 0.29) is 17.6 Å². The van der Waals surface area contributed by atoms with Gasteiger partial charge in [-0.2, -0.15) is 0 Å². The lowest BCUT2D eigenvalue weighted by molar-refractivity contribution is -0.120. The Balaban J connectivity index is 1.49. The average Bonchev–Trinajstić information content (AvgIpc) is 2.78. The number of piperidine rings is 1. The number of benzene rings is 2. The van der Waals surface area contributed by atoms with E-state index in [4.69, 9.17) is 4.74 Å². The van der Waals surface area contributed by atoms with Gasteiger partial charge in [0.1, 0.15) is 0 Å². The molecule has 0 atom stereocenters. The van der Waals surface area contributed by atoms with Crippen LogP contribution in [0.2, 0.25) is 0 Å². The number of ether oxygens (including phenoxy) is 1. The number of methoxy groups -OCH3 is 1. The number of nitrogens with zero attached hydrogens (tertiary/aromatic N) is 1. The molecule has 0 aromatic heterocycles. The van der Waals surface area contributed by atoms with Crippen molar-refractivity contribution in [2.75, 3.05) is 27.2 Å². The molecule has 0 unspecified atom stereocenters. The normalized spacial score (nSPS) is 14.4. The predicted octanol–water partition coefficient (Wildman–Crippen LogP) is 3.61. The zero-order valence-electron chi connectivity index (χ0n) is 17.6. The lowest BCUT2D eigenvalue weighted by Crippen LogP contribution is -2.38. The molecule has 0 bridgehead atoms. The van der Waals surface area contributed by atoms with Gasteiger partial charge in [0.25, 0.3) is 5.91 Å². The van der Waals surface area contributed by atoms with Crippen LogP contribution in [-0.2, 0) is 17.6 Å². The molecule has 1 aliphatic heterocycles. The summed E-state index contributed by atoms with van der Waals surface area (Å²) in [7, 11) is 3.06. The predicted molar refractivity (Wildman–Crippen MR) is 114 cm³/mol. The van der Waals surface area contributed by atoms with E-state index in [2.05, 4.69) is 29.6 Å². The Morgan fingerprint density at radius 1 is 1.10 bits per heavy atom. The molecule has 2 aromatic carbocycles. The molecule has 0 aliphatic carbocycles. The molecule has 30 heavy (non-hydrogen) atoms. The number of carbonyl (C=O) groups excluding carboxylic acids is 2. The minimum Gasteiger partial charge on any atom is -0.494 e. The van der Waals surface area contributed by atoms with Gasteiger partial charge in [0, 0.05) is 32.1 Å². The summed E-state index contributed by atoms with van der Waals surface area (Å²) in [5, 5.41) is 2.64. The fourth-order valence-corrected chi connectivity index (χ4v) is 3.88. The third-order valence-electron chi connectivity index (χ3n) is 5.77. The number of rotatable bonds is 7. The van der Waals surface area contributed by atoms with Crippen molar-refractivity contribution in [1.82, 2.24) is 10.2 Å². The van der Waals surface area contributed by atoms with Gasteiger partial charge in [-0.05, 0) is 60.9 Å². The Bertz CT molecular complexity index is 875. The van der Waals surface area contributed by atoms with Gasteiger partial charge in [0.05, 0.1) is 7.11 Å². The Morgan fingerprint density at radius 3 is 2.37 bits per heavy atom. The fourth-order valence-electron chi connectivity index (χ4n) is 3.88. The maximum absolute atomic E-state index is 13.9. The molecular weight excluding hydrogens is 383 g/mol. The molecule has 160 valence electrons. The number of hydrogen-bond acceptors (Lipinski definition) is 3. The standard InChI is InChI=1S/C24H29FN2O3/c1-26-23(28)10-7-17-3-5-18(6-4-17)15-19-11-13-27(14-12-19)24(29)20-8-9-22(30-2)21(25)16-20/h3-6,8-9,16,19H,7,10-15H2,1-2H3,(H,26,28). The summed E-state index contributed by atoms with van der Waals surface area (Å²) < 4.78 is 18.8. The van der Waals surface area contributed by atoms with E-state index in [1.54, 1.807) is 18.0 Å². The molecule has 6 heteroatoms. The molecule has 1 fully saturated rings. The highest BCUT2D eigenvalue weighted by Gasteiger charge is 2.24. The van der Waals surface area contributed by atoms with Gasteiger partial charge in [0.2, 0.25) is 5.91 Å². The van der Waals surface area contributed by atoms with E-state index in [0.717, 1.165) is 31.2 Å². The van der Waals surface area contributed by atoms with Gasteiger partial charge >= 0.3 is 0 Å². The lowest BCUT2D eigenvalue weighted by Gasteiger charge is -2.32. The monoisotopic (exact) mass is 412 g/mol. The Hall–Kier alpha value is -2.89. The average molecular weight is 413 g/mol. The van der Waals surface area contributed by atoms with Crippen LogP contribution in [0.4, 0.5) is 4.39 Å². The first kappa shape index (κ1) is 21.8. The molecule has 5 nitrogen and oxygen atoms in total. The summed E-state index contributed by atoms with van der Waals surface area (Å²) >= 11 is 0. The van der Waals surface area contributed by atoms with Crippen LogP contribution in [0.15, 0.2) is 42.5 Å². The maximum atomic E-state index is 13.9. The van der Waals surface area contributed by atoms with Crippen molar-refractivity contribution in [3.8, 4) is 5.75 Å². The number of amides is 2. The van der Waals surface area contributed by atoms with Gasteiger partial charge in [-0.15, -0.1) is 0 Å². The number of aryl methyl sites for hydroxylation is 1. The van der Waals surface area contributed by atoms with Gasteiger partial charge in [-0.3, -0.25) is 9.59 Å². The van der Waals surface area contributed by atoms with Crippen molar-refractivity contribution in [1.29, 1.82) is 0 Å². The molecule has 1 aliphatic rings. The Kier molecular flexibility index (Phi) is 7.44. The second-order valence-electron chi connectivity index (χ2n) is 7.78. The van der Waals surface area contributed by atoms with Crippen molar-refractivity contribution in [3.63, 3.8) is 0 Å². The summed E-state index contributed by atoms with van der Waals surface area (Å²) in [4.78, 5) is 25.8. The second-order valence-corrected chi connectivity index (χ2v) is 7.78. The third kappa shape index (κ3) is 5.59. The maximum Gasteiger partial charge on any atom is 0.253 e. The van der Waals surface area contributed by atoms with Crippen LogP contribution in [-0.4, -0.2) is 44.0 Å². The largest absolute Gasteiger partial charge is 0.494 e. The van der Waals surface area contributed by atoms with Gasteiger partial charge in [0.15, 0.2) is 11.6 Å². The molecule has 0 spiro atoms. The summed E-state index contributed by atoms with van der Waals surface area (Å²) in [5.74, 6) is 0.0773. The molecular formula is C24H29FN2O3. The molecule has 2 amide bonds. The molecule has 0 radical (unpaired) electrons. The number of nitrogens with one attached hydrogen (secondary N) is 1. The van der Waals surface area contributed by atoms with Crippen LogP contribution in [0.1, 0.15) is 40.7 Å². The van der Waals surface area contributed by atoms with Crippen LogP contribution in [0.5, 0.6) is 5.75 Å². The van der Waals surface area contributed by atoms with Crippen molar-refractivity contribution < 1.29 is 18.7 Å². The van der Waals surface area contributed by atoms with E-state index in [9.17, 15) is 14.0 Å². The molecule has 0 saturated carbocycles. The van der Waals surface area contributed by atoms with E-state index in [0.29, 0.717) is 31.0 Å². The topological polar surface area (TPSA) is 58.6 Å². The molecule has 1 N–H and O–H groups in total. The number of hydrogen-bond donors (Lipinski definition) is 1. The fraction of sp³-hybridized carbons (Fsp3) is 0.417. The summed E-state index contributed by atoms with van der Waals surface area (Å²) in [6.07, 6.45) is 4.09. The first-order chi connectivity index (χ1) is 14.5. The first-order valence-corrected chi connectivity index (χ1v) is 10.4. The highest BCUT2D eigenvalue weighted by molar-refractivity contribution is 5.94. The quantitative estimate of drug-likeness (QED) is 0.756. The van der Waals surface area contributed by atoms with Crippen molar-refractivity contribution in [2.45, 2.75) is 32.1 Å². The van der Waals surface area contributed by atoms with Crippen molar-refractivity contribution in [3.05, 3.63) is 65.0 Å². The number of likely N-dealkylation sites (tertiary alicyclic amines) is 1. The highest BCUT2D eigenvalue weighted by atomic mass is 19.1. The minimum atomic E-state index is -0.517. The van der Waals surface area contributed by atoms with Gasteiger partial charge in [-0.1, -0.05) is 24.3 Å². The molecule has 3 rings (SSSR count). The van der Waals surface area contributed by atoms with E-state index in [1.807, 2.05) is 0 Å². The lowest BCUT2D eigenvalue weighted by atomic mass is 9.89.